The Balaban J connectivity index is 2.14. The van der Waals surface area contributed by atoms with E-state index < -0.39 is 15.6 Å². The highest BCUT2D eigenvalue weighted by Gasteiger charge is 2.17. The van der Waals surface area contributed by atoms with Crippen molar-refractivity contribution in [2.45, 2.75) is 45.0 Å². The van der Waals surface area contributed by atoms with Crippen LogP contribution in [0.3, 0.4) is 0 Å². The highest BCUT2D eigenvalue weighted by atomic mass is 32.2. The van der Waals surface area contributed by atoms with Crippen LogP contribution < -0.4 is 14.8 Å². The molecule has 0 bridgehead atoms. The molecule has 0 aliphatic rings. The van der Waals surface area contributed by atoms with Gasteiger partial charge in [0.2, 0.25) is 21.9 Å². The lowest BCUT2D eigenvalue weighted by Gasteiger charge is -2.19. The Morgan fingerprint density at radius 1 is 1.13 bits per heavy atom. The number of benzene rings is 1. The highest BCUT2D eigenvalue weighted by molar-refractivity contribution is 7.88. The Kier molecular flexibility index (Phi) is 7.38. The maximum absolute atomic E-state index is 12.0. The first kappa shape index (κ1) is 23.6. The van der Waals surface area contributed by atoms with E-state index in [4.69, 9.17) is 14.6 Å². The second kappa shape index (κ2) is 9.40. The summed E-state index contributed by atoms with van der Waals surface area (Å²) in [5.41, 5.74) is 0.654. The Labute approximate surface area is 177 Å². The first-order valence-corrected chi connectivity index (χ1v) is 11.1. The first-order chi connectivity index (χ1) is 13.8. The molecule has 10 heteroatoms. The number of primary sulfonamides is 1. The molecule has 0 aliphatic carbocycles. The van der Waals surface area contributed by atoms with Crippen LogP contribution in [-0.4, -0.2) is 44.1 Å². The number of sulfonamides is 1. The van der Waals surface area contributed by atoms with E-state index in [0.717, 1.165) is 0 Å². The smallest absolute Gasteiger partial charge is 0.306 e. The van der Waals surface area contributed by atoms with Gasteiger partial charge in [-0.05, 0) is 38.5 Å². The molecule has 0 fully saturated rings. The van der Waals surface area contributed by atoms with Gasteiger partial charge < -0.3 is 14.4 Å². The van der Waals surface area contributed by atoms with E-state index >= 15 is 0 Å². The molecule has 0 amide bonds. The van der Waals surface area contributed by atoms with Gasteiger partial charge in [0.25, 0.3) is 0 Å². The summed E-state index contributed by atoms with van der Waals surface area (Å²) in [6, 6.07) is 8.18. The minimum Gasteiger partial charge on any atom is -0.460 e. The second-order valence-electron chi connectivity index (χ2n) is 8.03. The van der Waals surface area contributed by atoms with Gasteiger partial charge in [0.05, 0.1) is 17.9 Å². The lowest BCUT2D eigenvalue weighted by Crippen LogP contribution is -2.24. The fourth-order valence-electron chi connectivity index (χ4n) is 2.47. The topological polar surface area (TPSA) is 125 Å². The van der Waals surface area contributed by atoms with Crippen molar-refractivity contribution in [3.8, 4) is 11.6 Å². The zero-order valence-corrected chi connectivity index (χ0v) is 18.7. The van der Waals surface area contributed by atoms with Gasteiger partial charge in [0.15, 0.2) is 0 Å². The van der Waals surface area contributed by atoms with Crippen LogP contribution in [0, 0.1) is 0 Å². The van der Waals surface area contributed by atoms with Gasteiger partial charge in [0.1, 0.15) is 11.4 Å². The summed E-state index contributed by atoms with van der Waals surface area (Å²) in [6.45, 7) is 5.46. The molecule has 164 valence electrons. The summed E-state index contributed by atoms with van der Waals surface area (Å²) in [7, 11) is 0.00938. The highest BCUT2D eigenvalue weighted by Crippen LogP contribution is 2.23. The molecular weight excluding hydrogens is 408 g/mol. The molecule has 1 aromatic carbocycles. The van der Waals surface area contributed by atoms with Gasteiger partial charge >= 0.3 is 5.97 Å². The summed E-state index contributed by atoms with van der Waals surface area (Å²) in [4.78, 5) is 22.5. The van der Waals surface area contributed by atoms with Crippen molar-refractivity contribution in [1.82, 2.24) is 9.97 Å². The van der Waals surface area contributed by atoms with Crippen LogP contribution >= 0.6 is 0 Å². The first-order valence-electron chi connectivity index (χ1n) is 9.35. The maximum atomic E-state index is 12.0. The zero-order valence-electron chi connectivity index (χ0n) is 17.9. The fourth-order valence-corrected chi connectivity index (χ4v) is 3.13. The molecule has 0 unspecified atom stereocenters. The van der Waals surface area contributed by atoms with Crippen LogP contribution in [0.15, 0.2) is 30.3 Å². The molecule has 30 heavy (non-hydrogen) atoms. The monoisotopic (exact) mass is 436 g/mol. The Morgan fingerprint density at radius 2 is 1.77 bits per heavy atom. The van der Waals surface area contributed by atoms with Gasteiger partial charge in [-0.25, -0.2) is 18.5 Å². The molecular formula is C20H28N4O5S. The van der Waals surface area contributed by atoms with Crippen molar-refractivity contribution >= 4 is 21.9 Å². The molecule has 0 spiro atoms. The summed E-state index contributed by atoms with van der Waals surface area (Å²) >= 11 is 0. The molecule has 1 heterocycles. The number of esters is 1. The van der Waals surface area contributed by atoms with Gasteiger partial charge in [-0.15, -0.1) is 0 Å². The van der Waals surface area contributed by atoms with Gasteiger partial charge in [0, 0.05) is 26.6 Å². The van der Waals surface area contributed by atoms with Crippen LogP contribution in [0.4, 0.5) is 5.95 Å². The SMILES string of the molecule is CN(C)c1nc(CCC(=O)OC(C)(C)C)cc(Oc2ccc(CS(N)(=O)=O)cc2)n1. The number of hydrogen-bond donors (Lipinski definition) is 1. The van der Waals surface area contributed by atoms with E-state index in [1.807, 2.05) is 20.8 Å². The van der Waals surface area contributed by atoms with Crippen LogP contribution in [0.2, 0.25) is 0 Å². The third-order valence-corrected chi connectivity index (χ3v) is 4.40. The summed E-state index contributed by atoms with van der Waals surface area (Å²) in [5.74, 6) is 0.681. The van der Waals surface area contributed by atoms with E-state index in [0.29, 0.717) is 35.3 Å². The molecule has 0 atom stereocenters. The molecule has 0 radical (unpaired) electrons. The van der Waals surface area contributed by atoms with Crippen LogP contribution in [0.5, 0.6) is 11.6 Å². The largest absolute Gasteiger partial charge is 0.460 e. The third-order valence-electron chi connectivity index (χ3n) is 3.66. The average Bonchev–Trinajstić information content (AvgIpc) is 2.59. The fraction of sp³-hybridized carbons (Fsp3) is 0.450. The number of nitrogens with zero attached hydrogens (tertiary/aromatic N) is 3. The van der Waals surface area contributed by atoms with Crippen molar-refractivity contribution in [1.29, 1.82) is 0 Å². The quantitative estimate of drug-likeness (QED) is 0.626. The van der Waals surface area contributed by atoms with Crippen LogP contribution in [-0.2, 0) is 31.7 Å². The third kappa shape index (κ3) is 8.34. The normalized spacial score (nSPS) is 11.8. The number of ether oxygens (including phenoxy) is 2. The number of rotatable bonds is 8. The van der Waals surface area contributed by atoms with E-state index in [9.17, 15) is 13.2 Å². The Morgan fingerprint density at radius 3 is 2.30 bits per heavy atom. The number of hydrogen-bond acceptors (Lipinski definition) is 8. The molecule has 2 rings (SSSR count). The van der Waals surface area contributed by atoms with Gasteiger partial charge in [-0.1, -0.05) is 12.1 Å². The van der Waals surface area contributed by atoms with E-state index in [1.54, 1.807) is 49.3 Å². The molecule has 1 aromatic heterocycles. The minimum absolute atomic E-state index is 0.183. The lowest BCUT2D eigenvalue weighted by molar-refractivity contribution is -0.154. The standard InChI is InChI=1S/C20H28N4O5S/c1-20(2,3)29-18(25)11-8-15-12-17(23-19(22-15)24(4)5)28-16-9-6-14(7-10-16)13-30(21,26)27/h6-7,9-10,12H,8,11,13H2,1-5H3,(H2,21,26,27). The van der Waals surface area contributed by atoms with Crippen molar-refractivity contribution in [3.05, 3.63) is 41.6 Å². The van der Waals surface area contributed by atoms with Gasteiger partial charge in [-0.2, -0.15) is 4.98 Å². The van der Waals surface area contributed by atoms with E-state index in [1.165, 1.54) is 0 Å². The summed E-state index contributed by atoms with van der Waals surface area (Å²) in [6.07, 6.45) is 0.560. The van der Waals surface area contributed by atoms with E-state index in [-0.39, 0.29) is 18.1 Å². The Bertz CT molecular complexity index is 983. The van der Waals surface area contributed by atoms with Crippen molar-refractivity contribution in [2.24, 2.45) is 5.14 Å². The molecule has 0 saturated carbocycles. The van der Waals surface area contributed by atoms with Crippen LogP contribution in [0.25, 0.3) is 0 Å². The van der Waals surface area contributed by atoms with Crippen LogP contribution in [0.1, 0.15) is 38.4 Å². The van der Waals surface area contributed by atoms with Gasteiger partial charge in [-0.3, -0.25) is 4.79 Å². The van der Waals surface area contributed by atoms with Crippen molar-refractivity contribution < 1.29 is 22.7 Å². The predicted molar refractivity (Wildman–Crippen MR) is 114 cm³/mol. The summed E-state index contributed by atoms with van der Waals surface area (Å²) in [5, 5.41) is 5.06. The lowest BCUT2D eigenvalue weighted by atomic mass is 10.2. The maximum Gasteiger partial charge on any atom is 0.306 e. The molecule has 2 N–H and O–H groups in total. The van der Waals surface area contributed by atoms with Crippen molar-refractivity contribution in [3.63, 3.8) is 0 Å². The summed E-state index contributed by atoms with van der Waals surface area (Å²) < 4.78 is 33.5. The molecule has 2 aromatic rings. The number of carbonyl (C=O) groups excluding carboxylic acids is 1. The molecule has 0 aliphatic heterocycles. The average molecular weight is 437 g/mol. The Hall–Kier alpha value is -2.72. The molecule has 9 nitrogen and oxygen atoms in total. The minimum atomic E-state index is -3.60. The predicted octanol–water partition coefficient (Wildman–Crippen LogP) is 2.40. The number of nitrogens with two attached hydrogens (primary N) is 1. The number of carbonyl (C=O) groups is 1. The van der Waals surface area contributed by atoms with Crippen molar-refractivity contribution in [2.75, 3.05) is 19.0 Å². The number of aryl methyl sites for hydroxylation is 1. The second-order valence-corrected chi connectivity index (χ2v) is 9.65. The zero-order chi connectivity index (χ0) is 22.5. The van der Waals surface area contributed by atoms with E-state index in [2.05, 4.69) is 9.97 Å². The number of anilines is 1. The number of aromatic nitrogens is 2. The molecule has 0 saturated heterocycles.